The van der Waals surface area contributed by atoms with Crippen LogP contribution in [0.1, 0.15) is 15.9 Å². The van der Waals surface area contributed by atoms with E-state index in [0.717, 1.165) is 32.7 Å². The first kappa shape index (κ1) is 21.1. The third-order valence-electron chi connectivity index (χ3n) is 3.65. The molecular formula is C15H26Cl2N4O. The minimum absolute atomic E-state index is 0. The quantitative estimate of drug-likeness (QED) is 0.832. The summed E-state index contributed by atoms with van der Waals surface area (Å²) in [5.74, 6) is -0.0541. The standard InChI is InChI=1S/C15H24N4O.2ClH/c1-18-8-10-19(11-9-18)12-13-2-4-14(5-3-13)15(20)17-7-6-16;;/h2-5H,6-12,16H2,1H3,(H,17,20);2*1H. The Balaban J connectivity index is 0.00000220. The van der Waals surface area contributed by atoms with E-state index in [0.29, 0.717) is 18.7 Å². The summed E-state index contributed by atoms with van der Waals surface area (Å²) in [6.45, 7) is 6.40. The second-order valence-corrected chi connectivity index (χ2v) is 5.32. The molecule has 7 heteroatoms. The molecule has 1 amide bonds. The van der Waals surface area contributed by atoms with E-state index in [-0.39, 0.29) is 30.7 Å². The van der Waals surface area contributed by atoms with Gasteiger partial charge in [-0.1, -0.05) is 12.1 Å². The summed E-state index contributed by atoms with van der Waals surface area (Å²) in [5.41, 5.74) is 7.32. The smallest absolute Gasteiger partial charge is 0.251 e. The van der Waals surface area contributed by atoms with E-state index in [1.54, 1.807) is 0 Å². The van der Waals surface area contributed by atoms with E-state index in [1.807, 2.05) is 24.3 Å². The van der Waals surface area contributed by atoms with Gasteiger partial charge in [-0.3, -0.25) is 9.69 Å². The minimum Gasteiger partial charge on any atom is -0.351 e. The van der Waals surface area contributed by atoms with Crippen molar-refractivity contribution in [2.45, 2.75) is 6.54 Å². The molecule has 126 valence electrons. The number of nitrogens with zero attached hydrogens (tertiary/aromatic N) is 2. The largest absolute Gasteiger partial charge is 0.351 e. The Morgan fingerprint density at radius 1 is 1.14 bits per heavy atom. The van der Waals surface area contributed by atoms with Gasteiger partial charge in [-0.25, -0.2) is 0 Å². The zero-order chi connectivity index (χ0) is 14.4. The van der Waals surface area contributed by atoms with Crippen LogP contribution in [0.5, 0.6) is 0 Å². The molecule has 0 spiro atoms. The summed E-state index contributed by atoms with van der Waals surface area (Å²) in [4.78, 5) is 16.6. The van der Waals surface area contributed by atoms with Gasteiger partial charge in [0, 0.05) is 51.4 Å². The van der Waals surface area contributed by atoms with Gasteiger partial charge < -0.3 is 16.0 Å². The molecule has 1 fully saturated rings. The fourth-order valence-electron chi connectivity index (χ4n) is 2.31. The summed E-state index contributed by atoms with van der Waals surface area (Å²) in [5, 5.41) is 2.77. The van der Waals surface area contributed by atoms with Crippen LogP contribution in [-0.4, -0.2) is 62.0 Å². The molecular weight excluding hydrogens is 323 g/mol. The van der Waals surface area contributed by atoms with Crippen LogP contribution in [-0.2, 0) is 6.54 Å². The van der Waals surface area contributed by atoms with Gasteiger partial charge in [-0.05, 0) is 24.7 Å². The van der Waals surface area contributed by atoms with Gasteiger partial charge >= 0.3 is 0 Å². The molecule has 2 rings (SSSR count). The first-order valence-corrected chi connectivity index (χ1v) is 7.17. The topological polar surface area (TPSA) is 61.6 Å². The lowest BCUT2D eigenvalue weighted by Crippen LogP contribution is -2.43. The Bertz CT molecular complexity index is 434. The number of carbonyl (C=O) groups is 1. The van der Waals surface area contributed by atoms with Crippen LogP contribution < -0.4 is 11.1 Å². The van der Waals surface area contributed by atoms with Crippen molar-refractivity contribution < 1.29 is 4.79 Å². The zero-order valence-electron chi connectivity index (χ0n) is 13.0. The van der Waals surface area contributed by atoms with Crippen molar-refractivity contribution in [1.29, 1.82) is 0 Å². The first-order valence-electron chi connectivity index (χ1n) is 7.17. The Morgan fingerprint density at radius 2 is 1.73 bits per heavy atom. The summed E-state index contributed by atoms with van der Waals surface area (Å²) < 4.78 is 0. The molecule has 1 aliphatic heterocycles. The van der Waals surface area contributed by atoms with Gasteiger partial charge in [0.05, 0.1) is 0 Å². The van der Waals surface area contributed by atoms with Crippen molar-refractivity contribution in [2.75, 3.05) is 46.3 Å². The lowest BCUT2D eigenvalue weighted by atomic mass is 10.1. The highest BCUT2D eigenvalue weighted by Gasteiger charge is 2.14. The van der Waals surface area contributed by atoms with Crippen LogP contribution >= 0.6 is 24.8 Å². The van der Waals surface area contributed by atoms with Crippen LogP contribution in [0.3, 0.4) is 0 Å². The number of nitrogens with two attached hydrogens (primary N) is 1. The van der Waals surface area contributed by atoms with Crippen molar-refractivity contribution in [1.82, 2.24) is 15.1 Å². The van der Waals surface area contributed by atoms with Gasteiger partial charge in [0.2, 0.25) is 0 Å². The third kappa shape index (κ3) is 6.50. The SMILES string of the molecule is CN1CCN(Cc2ccc(C(=O)NCCN)cc2)CC1.Cl.Cl. The van der Waals surface area contributed by atoms with Gasteiger partial charge in [-0.15, -0.1) is 24.8 Å². The van der Waals surface area contributed by atoms with Crippen molar-refractivity contribution in [3.05, 3.63) is 35.4 Å². The van der Waals surface area contributed by atoms with Gasteiger partial charge in [0.25, 0.3) is 5.91 Å². The number of rotatable bonds is 5. The zero-order valence-corrected chi connectivity index (χ0v) is 14.6. The number of piperazine rings is 1. The molecule has 0 bridgehead atoms. The maximum absolute atomic E-state index is 11.8. The average molecular weight is 349 g/mol. The van der Waals surface area contributed by atoms with E-state index in [9.17, 15) is 4.79 Å². The minimum atomic E-state index is -0.0541. The predicted molar refractivity (Wildman–Crippen MR) is 95.1 cm³/mol. The molecule has 0 saturated carbocycles. The number of amides is 1. The molecule has 3 N–H and O–H groups in total. The highest BCUT2D eigenvalue weighted by molar-refractivity contribution is 5.94. The highest BCUT2D eigenvalue weighted by atomic mass is 35.5. The van der Waals surface area contributed by atoms with E-state index >= 15 is 0 Å². The first-order chi connectivity index (χ1) is 9.69. The molecule has 5 nitrogen and oxygen atoms in total. The maximum atomic E-state index is 11.8. The third-order valence-corrected chi connectivity index (χ3v) is 3.65. The molecule has 1 heterocycles. The van der Waals surface area contributed by atoms with E-state index < -0.39 is 0 Å². The number of likely N-dealkylation sites (N-methyl/N-ethyl adjacent to an activating group) is 1. The van der Waals surface area contributed by atoms with Gasteiger partial charge in [0.15, 0.2) is 0 Å². The van der Waals surface area contributed by atoms with Crippen molar-refractivity contribution in [3.63, 3.8) is 0 Å². The monoisotopic (exact) mass is 348 g/mol. The van der Waals surface area contributed by atoms with E-state index in [1.165, 1.54) is 5.56 Å². The van der Waals surface area contributed by atoms with Crippen molar-refractivity contribution in [3.8, 4) is 0 Å². The fourth-order valence-corrected chi connectivity index (χ4v) is 2.31. The normalized spacial score (nSPS) is 15.5. The average Bonchev–Trinajstić information content (AvgIpc) is 2.48. The van der Waals surface area contributed by atoms with Gasteiger partial charge in [-0.2, -0.15) is 0 Å². The molecule has 1 aromatic rings. The summed E-state index contributed by atoms with van der Waals surface area (Å²) >= 11 is 0. The lowest BCUT2D eigenvalue weighted by Gasteiger charge is -2.32. The predicted octanol–water partition coefficient (Wildman–Crippen LogP) is 0.966. The molecule has 22 heavy (non-hydrogen) atoms. The van der Waals surface area contributed by atoms with Crippen LogP contribution in [0.4, 0.5) is 0 Å². The van der Waals surface area contributed by atoms with Crippen LogP contribution in [0, 0.1) is 0 Å². The molecule has 1 saturated heterocycles. The Kier molecular flexibility index (Phi) is 10.4. The number of hydrogen-bond acceptors (Lipinski definition) is 4. The number of hydrogen-bond donors (Lipinski definition) is 2. The second-order valence-electron chi connectivity index (χ2n) is 5.32. The van der Waals surface area contributed by atoms with Crippen LogP contribution in [0.15, 0.2) is 24.3 Å². The van der Waals surface area contributed by atoms with Crippen molar-refractivity contribution in [2.24, 2.45) is 5.73 Å². The summed E-state index contributed by atoms with van der Waals surface area (Å²) in [7, 11) is 2.16. The lowest BCUT2D eigenvalue weighted by molar-refractivity contribution is 0.0954. The van der Waals surface area contributed by atoms with Gasteiger partial charge in [0.1, 0.15) is 0 Å². The molecule has 0 aromatic heterocycles. The molecule has 0 aliphatic carbocycles. The van der Waals surface area contributed by atoms with Crippen LogP contribution in [0.2, 0.25) is 0 Å². The second kappa shape index (κ2) is 10.8. The maximum Gasteiger partial charge on any atom is 0.251 e. The highest BCUT2D eigenvalue weighted by Crippen LogP contribution is 2.09. The molecule has 0 unspecified atom stereocenters. The number of halogens is 2. The Hall–Kier alpha value is -0.850. The fraction of sp³-hybridized carbons (Fsp3) is 0.533. The Morgan fingerprint density at radius 3 is 2.27 bits per heavy atom. The van der Waals surface area contributed by atoms with E-state index in [2.05, 4.69) is 22.2 Å². The molecule has 0 atom stereocenters. The summed E-state index contributed by atoms with van der Waals surface area (Å²) in [6, 6.07) is 7.85. The molecule has 1 aromatic carbocycles. The number of benzene rings is 1. The number of nitrogens with one attached hydrogen (secondary N) is 1. The molecule has 1 aliphatic rings. The van der Waals surface area contributed by atoms with Crippen LogP contribution in [0.25, 0.3) is 0 Å². The molecule has 0 radical (unpaired) electrons. The summed E-state index contributed by atoms with van der Waals surface area (Å²) in [6.07, 6.45) is 0. The number of carbonyl (C=O) groups excluding carboxylic acids is 1. The Labute approximate surface area is 145 Å². The van der Waals surface area contributed by atoms with E-state index in [4.69, 9.17) is 5.73 Å². The van der Waals surface area contributed by atoms with Crippen molar-refractivity contribution >= 4 is 30.7 Å².